The number of aromatic nitrogens is 2. The Morgan fingerprint density at radius 1 is 1.09 bits per heavy atom. The maximum Gasteiger partial charge on any atom is 0.435 e. The van der Waals surface area contributed by atoms with Crippen LogP contribution in [0.1, 0.15) is 42.5 Å². The third kappa shape index (κ3) is 7.04. The minimum Gasteiger partial charge on any atom is -0.444 e. The van der Waals surface area contributed by atoms with Gasteiger partial charge < -0.3 is 15.4 Å². The predicted molar refractivity (Wildman–Crippen MR) is 124 cm³/mol. The van der Waals surface area contributed by atoms with Crippen LogP contribution < -0.4 is 10.6 Å². The molecule has 0 spiro atoms. The van der Waals surface area contributed by atoms with E-state index < -0.39 is 41.0 Å². The molecule has 0 fully saturated rings. The first-order valence-corrected chi connectivity index (χ1v) is 11.0. The monoisotopic (exact) mass is 556 g/mol. The zero-order valence-electron chi connectivity index (χ0n) is 18.8. The molecule has 2 N–H and O–H groups in total. The van der Waals surface area contributed by atoms with E-state index in [0.29, 0.717) is 16.1 Å². The minimum atomic E-state index is -4.82. The first-order valence-electron chi connectivity index (χ1n) is 10.2. The lowest BCUT2D eigenvalue weighted by Crippen LogP contribution is -2.32. The van der Waals surface area contributed by atoms with Gasteiger partial charge in [0.2, 0.25) is 0 Å². The summed E-state index contributed by atoms with van der Waals surface area (Å²) in [5.41, 5.74) is -2.03. The average Bonchev–Trinajstić information content (AvgIpc) is 3.20. The third-order valence-electron chi connectivity index (χ3n) is 4.40. The smallest absolute Gasteiger partial charge is 0.435 e. The number of alkyl halides is 3. The number of ether oxygens (including phenoxy) is 1. The summed E-state index contributed by atoms with van der Waals surface area (Å²) in [4.78, 5) is 24.7. The predicted octanol–water partition coefficient (Wildman–Crippen LogP) is 6.07. The number of carbonyl (C=O) groups excluding carboxylic acids is 2. The molecule has 12 heteroatoms. The van der Waals surface area contributed by atoms with Crippen LogP contribution in [0.15, 0.2) is 53.0 Å². The van der Waals surface area contributed by atoms with Gasteiger partial charge in [0.1, 0.15) is 17.1 Å². The standard InChI is InChI=1S/C23H21BrF4N4O3/c1-22(2,3)35-21(34)29-12-13-5-4-6-15(9-13)32-18(11-19(31-32)23(26,27)28)20(33)30-17-8-7-14(24)10-16(17)25/h4-11H,12H2,1-3H3,(H,29,34)(H,30,33). The minimum absolute atomic E-state index is 0.0157. The van der Waals surface area contributed by atoms with Crippen LogP contribution >= 0.6 is 15.9 Å². The van der Waals surface area contributed by atoms with Crippen molar-refractivity contribution in [3.8, 4) is 5.69 Å². The molecule has 35 heavy (non-hydrogen) atoms. The van der Waals surface area contributed by atoms with Gasteiger partial charge in [-0.15, -0.1) is 0 Å². The molecule has 3 aromatic rings. The van der Waals surface area contributed by atoms with Crippen LogP contribution in [-0.4, -0.2) is 27.4 Å². The number of rotatable bonds is 5. The van der Waals surface area contributed by atoms with E-state index in [9.17, 15) is 27.2 Å². The Hall–Kier alpha value is -3.41. The second-order valence-electron chi connectivity index (χ2n) is 8.43. The Morgan fingerprint density at radius 3 is 2.43 bits per heavy atom. The topological polar surface area (TPSA) is 85.2 Å². The quantitative estimate of drug-likeness (QED) is 0.373. The van der Waals surface area contributed by atoms with Gasteiger partial charge in [-0.25, -0.2) is 13.9 Å². The highest BCUT2D eigenvalue weighted by molar-refractivity contribution is 9.10. The Balaban J connectivity index is 1.91. The van der Waals surface area contributed by atoms with Crippen LogP contribution in [0.4, 0.5) is 28.0 Å². The number of carbonyl (C=O) groups is 2. The Labute approximate surface area is 206 Å². The van der Waals surface area contributed by atoms with Gasteiger partial charge in [-0.3, -0.25) is 4.79 Å². The molecule has 0 bridgehead atoms. The average molecular weight is 557 g/mol. The fourth-order valence-electron chi connectivity index (χ4n) is 2.94. The molecule has 1 aromatic heterocycles. The van der Waals surface area contributed by atoms with E-state index in [1.165, 1.54) is 30.3 Å². The largest absolute Gasteiger partial charge is 0.444 e. The van der Waals surface area contributed by atoms with E-state index in [2.05, 4.69) is 31.7 Å². The second kappa shape index (κ2) is 10.1. The molecule has 0 unspecified atom stereocenters. The highest BCUT2D eigenvalue weighted by Crippen LogP contribution is 2.30. The van der Waals surface area contributed by atoms with E-state index in [-0.39, 0.29) is 17.9 Å². The summed E-state index contributed by atoms with van der Waals surface area (Å²) in [5, 5.41) is 8.37. The fourth-order valence-corrected chi connectivity index (χ4v) is 3.28. The van der Waals surface area contributed by atoms with Crippen molar-refractivity contribution < 1.29 is 31.9 Å². The number of benzene rings is 2. The molecule has 0 atom stereocenters. The van der Waals surface area contributed by atoms with Crippen LogP contribution in [0.3, 0.4) is 0 Å². The molecule has 0 radical (unpaired) electrons. The van der Waals surface area contributed by atoms with Crippen LogP contribution in [-0.2, 0) is 17.5 Å². The number of anilines is 1. The van der Waals surface area contributed by atoms with Crippen LogP contribution in [0.25, 0.3) is 5.69 Å². The van der Waals surface area contributed by atoms with Crippen molar-refractivity contribution in [2.45, 2.75) is 39.1 Å². The van der Waals surface area contributed by atoms with Gasteiger partial charge in [0.15, 0.2) is 5.69 Å². The van der Waals surface area contributed by atoms with E-state index >= 15 is 0 Å². The lowest BCUT2D eigenvalue weighted by atomic mass is 10.2. The van der Waals surface area contributed by atoms with Crippen molar-refractivity contribution in [3.05, 3.63) is 75.8 Å². The molecule has 3 rings (SSSR count). The number of alkyl carbamates (subject to hydrolysis) is 1. The van der Waals surface area contributed by atoms with Crippen molar-refractivity contribution in [2.75, 3.05) is 5.32 Å². The lowest BCUT2D eigenvalue weighted by molar-refractivity contribution is -0.141. The molecule has 7 nitrogen and oxygen atoms in total. The molecule has 0 aliphatic carbocycles. The van der Waals surface area contributed by atoms with Crippen molar-refractivity contribution in [1.29, 1.82) is 0 Å². The molecule has 2 aromatic carbocycles. The Bertz CT molecular complexity index is 1250. The normalized spacial score (nSPS) is 11.8. The Kier molecular flexibility index (Phi) is 7.53. The van der Waals surface area contributed by atoms with Gasteiger partial charge in [0.25, 0.3) is 5.91 Å². The first-order chi connectivity index (χ1) is 16.2. The van der Waals surface area contributed by atoms with Crippen molar-refractivity contribution in [2.24, 2.45) is 0 Å². The molecule has 2 amide bonds. The SMILES string of the molecule is CC(C)(C)OC(=O)NCc1cccc(-n2nc(C(F)(F)F)cc2C(=O)Nc2ccc(Br)cc2F)c1. The zero-order valence-corrected chi connectivity index (χ0v) is 20.4. The first kappa shape index (κ1) is 26.2. The van der Waals surface area contributed by atoms with Crippen molar-refractivity contribution >= 4 is 33.6 Å². The van der Waals surface area contributed by atoms with Crippen molar-refractivity contribution in [1.82, 2.24) is 15.1 Å². The van der Waals surface area contributed by atoms with Gasteiger partial charge >= 0.3 is 12.3 Å². The second-order valence-corrected chi connectivity index (χ2v) is 9.34. The number of hydrogen-bond acceptors (Lipinski definition) is 4. The maximum atomic E-state index is 14.2. The van der Waals surface area contributed by atoms with E-state index in [4.69, 9.17) is 4.74 Å². The van der Waals surface area contributed by atoms with E-state index in [0.717, 1.165) is 10.7 Å². The fraction of sp³-hybridized carbons (Fsp3) is 0.261. The van der Waals surface area contributed by atoms with Gasteiger partial charge in [0, 0.05) is 17.1 Å². The van der Waals surface area contributed by atoms with E-state index in [1.807, 2.05) is 0 Å². The van der Waals surface area contributed by atoms with Crippen LogP contribution in [0, 0.1) is 5.82 Å². The molecule has 1 heterocycles. The molecule has 0 saturated heterocycles. The number of halogens is 5. The molecular weight excluding hydrogens is 536 g/mol. The molecule has 0 saturated carbocycles. The summed E-state index contributed by atoms with van der Waals surface area (Å²) in [6.07, 6.45) is -5.49. The van der Waals surface area contributed by atoms with Crippen LogP contribution in [0.2, 0.25) is 0 Å². The highest BCUT2D eigenvalue weighted by Gasteiger charge is 2.36. The van der Waals surface area contributed by atoms with Gasteiger partial charge in [-0.2, -0.15) is 18.3 Å². The molecule has 186 valence electrons. The molecular formula is C23H21BrF4N4O3. The number of hydrogen-bond donors (Lipinski definition) is 2. The highest BCUT2D eigenvalue weighted by atomic mass is 79.9. The number of nitrogens with zero attached hydrogens (tertiary/aromatic N) is 2. The molecule has 0 aliphatic heterocycles. The zero-order chi connectivity index (χ0) is 26.0. The third-order valence-corrected chi connectivity index (χ3v) is 4.90. The summed E-state index contributed by atoms with van der Waals surface area (Å²) < 4.78 is 60.7. The summed E-state index contributed by atoms with van der Waals surface area (Å²) >= 11 is 3.09. The van der Waals surface area contributed by atoms with Crippen LogP contribution in [0.5, 0.6) is 0 Å². The maximum absolute atomic E-state index is 14.2. The lowest BCUT2D eigenvalue weighted by Gasteiger charge is -2.19. The van der Waals surface area contributed by atoms with Gasteiger partial charge in [0.05, 0.1) is 11.4 Å². The summed E-state index contributed by atoms with van der Waals surface area (Å²) in [7, 11) is 0. The number of amides is 2. The Morgan fingerprint density at radius 2 is 1.80 bits per heavy atom. The molecule has 0 aliphatic rings. The summed E-state index contributed by atoms with van der Waals surface area (Å²) in [6.45, 7) is 5.13. The van der Waals surface area contributed by atoms with Crippen molar-refractivity contribution in [3.63, 3.8) is 0 Å². The summed E-state index contributed by atoms with van der Waals surface area (Å²) in [6, 6.07) is 10.5. The summed E-state index contributed by atoms with van der Waals surface area (Å²) in [5.74, 6) is -1.77. The van der Waals surface area contributed by atoms with Gasteiger partial charge in [-0.05, 0) is 56.7 Å². The van der Waals surface area contributed by atoms with Gasteiger partial charge in [-0.1, -0.05) is 28.1 Å². The van der Waals surface area contributed by atoms with E-state index in [1.54, 1.807) is 26.8 Å². The number of nitrogens with one attached hydrogen (secondary N) is 2.